The Morgan fingerprint density at radius 1 is 1.31 bits per heavy atom. The summed E-state index contributed by atoms with van der Waals surface area (Å²) in [4.78, 5) is 2.33. The number of nitrogens with zero attached hydrogens (tertiary/aromatic N) is 2. The van der Waals surface area contributed by atoms with E-state index in [0.717, 1.165) is 5.92 Å². The number of hydrogen-bond acceptors (Lipinski definition) is 2. The molecule has 1 heterocycles. The Hall–Kier alpha value is -1.49. The summed E-state index contributed by atoms with van der Waals surface area (Å²) < 4.78 is 0. The molecular formula is C14H16N2. The molecule has 0 N–H and O–H groups in total. The second kappa shape index (κ2) is 3.83. The number of hydrogen-bond donors (Lipinski definition) is 0. The van der Waals surface area contributed by atoms with E-state index >= 15 is 0 Å². The lowest BCUT2D eigenvalue weighted by atomic mass is 9.88. The van der Waals surface area contributed by atoms with Crippen LogP contribution in [0.15, 0.2) is 24.3 Å². The molecule has 0 bridgehead atoms. The molecule has 0 amide bonds. The van der Waals surface area contributed by atoms with Gasteiger partial charge in [0.15, 0.2) is 0 Å². The monoisotopic (exact) mass is 212 g/mol. The molecule has 1 aromatic rings. The zero-order chi connectivity index (χ0) is 11.0. The Bertz CT molecular complexity index is 433. The lowest BCUT2D eigenvalue weighted by molar-refractivity contribution is 0.435. The van der Waals surface area contributed by atoms with Gasteiger partial charge in [0, 0.05) is 11.7 Å². The lowest BCUT2D eigenvalue weighted by Gasteiger charge is -2.39. The first-order valence-electron chi connectivity index (χ1n) is 6.11. The number of anilines is 1. The highest BCUT2D eigenvalue weighted by Crippen LogP contribution is 2.41. The second-order valence-electron chi connectivity index (χ2n) is 4.88. The van der Waals surface area contributed by atoms with Crippen LogP contribution in [0.4, 0.5) is 5.69 Å². The summed E-state index contributed by atoms with van der Waals surface area (Å²) in [5, 5.41) is 8.97. The highest BCUT2D eigenvalue weighted by Gasteiger charge is 2.36. The van der Waals surface area contributed by atoms with Gasteiger partial charge in [-0.3, -0.25) is 0 Å². The van der Waals surface area contributed by atoms with E-state index in [0.29, 0.717) is 12.6 Å². The van der Waals surface area contributed by atoms with Crippen LogP contribution < -0.4 is 4.90 Å². The molecule has 0 radical (unpaired) electrons. The van der Waals surface area contributed by atoms with Gasteiger partial charge in [-0.05, 0) is 36.8 Å². The van der Waals surface area contributed by atoms with E-state index in [1.165, 1.54) is 36.9 Å². The first-order valence-corrected chi connectivity index (χ1v) is 6.11. The average molecular weight is 212 g/mol. The molecule has 2 heteroatoms. The van der Waals surface area contributed by atoms with Gasteiger partial charge in [0.25, 0.3) is 0 Å². The summed E-state index contributed by atoms with van der Waals surface area (Å²) >= 11 is 0. The number of rotatable bonds is 1. The second-order valence-corrected chi connectivity index (χ2v) is 4.88. The van der Waals surface area contributed by atoms with Crippen molar-refractivity contribution in [2.75, 3.05) is 11.4 Å². The minimum absolute atomic E-state index is 0.540. The minimum atomic E-state index is 0.540. The standard InChI is InChI=1S/C14H16N2/c15-8-9-16-13-6-2-1-4-11(13)10-12-5-3-7-14(12)16/h1-2,4,6,12,14H,3,5,7,9-10H2/t12-,14+/m0/s1. The number of benzene rings is 1. The minimum Gasteiger partial charge on any atom is -0.355 e. The van der Waals surface area contributed by atoms with Gasteiger partial charge in [0.2, 0.25) is 0 Å². The Balaban J connectivity index is 2.02. The molecule has 2 atom stereocenters. The maximum Gasteiger partial charge on any atom is 0.106 e. The van der Waals surface area contributed by atoms with Gasteiger partial charge in [0.05, 0.1) is 6.07 Å². The Labute approximate surface area is 96.5 Å². The lowest BCUT2D eigenvalue weighted by Crippen LogP contribution is -2.42. The van der Waals surface area contributed by atoms with Crippen molar-refractivity contribution < 1.29 is 0 Å². The van der Waals surface area contributed by atoms with Gasteiger partial charge >= 0.3 is 0 Å². The summed E-state index contributed by atoms with van der Waals surface area (Å²) in [5.41, 5.74) is 2.73. The summed E-state index contributed by atoms with van der Waals surface area (Å²) in [6, 6.07) is 11.5. The highest BCUT2D eigenvalue weighted by atomic mass is 15.2. The summed E-state index contributed by atoms with van der Waals surface area (Å²) in [6.45, 7) is 0.540. The normalized spacial score (nSPS) is 27.1. The first kappa shape index (κ1) is 9.72. The maximum absolute atomic E-state index is 8.97. The van der Waals surface area contributed by atoms with E-state index in [2.05, 4.69) is 35.2 Å². The van der Waals surface area contributed by atoms with Crippen molar-refractivity contribution in [2.24, 2.45) is 5.92 Å². The van der Waals surface area contributed by atoms with Crippen molar-refractivity contribution in [3.05, 3.63) is 29.8 Å². The van der Waals surface area contributed by atoms with Crippen molar-refractivity contribution in [3.8, 4) is 6.07 Å². The largest absolute Gasteiger partial charge is 0.355 e. The molecule has 1 saturated carbocycles. The van der Waals surface area contributed by atoms with Gasteiger partial charge in [-0.25, -0.2) is 0 Å². The molecule has 0 aromatic heterocycles. The van der Waals surface area contributed by atoms with Gasteiger partial charge < -0.3 is 4.90 Å². The van der Waals surface area contributed by atoms with Crippen LogP contribution in [0.3, 0.4) is 0 Å². The van der Waals surface area contributed by atoms with E-state index in [1.807, 2.05) is 0 Å². The van der Waals surface area contributed by atoms with Crippen LogP contribution in [0.2, 0.25) is 0 Å². The number of fused-ring (bicyclic) bond motifs is 2. The van der Waals surface area contributed by atoms with Gasteiger partial charge in [-0.2, -0.15) is 5.26 Å². The third-order valence-electron chi connectivity index (χ3n) is 4.04. The fourth-order valence-corrected chi connectivity index (χ4v) is 3.37. The molecule has 1 aliphatic heterocycles. The predicted octanol–water partition coefficient (Wildman–Crippen LogP) is 2.74. The molecule has 1 aromatic carbocycles. The molecule has 16 heavy (non-hydrogen) atoms. The average Bonchev–Trinajstić information content (AvgIpc) is 2.77. The van der Waals surface area contributed by atoms with Crippen LogP contribution in [0.25, 0.3) is 0 Å². The molecule has 0 spiro atoms. The van der Waals surface area contributed by atoms with E-state index in [-0.39, 0.29) is 0 Å². The van der Waals surface area contributed by atoms with E-state index < -0.39 is 0 Å². The maximum atomic E-state index is 8.97. The molecule has 2 aliphatic rings. The summed E-state index contributed by atoms with van der Waals surface area (Å²) in [5.74, 6) is 0.781. The fourth-order valence-electron chi connectivity index (χ4n) is 3.37. The van der Waals surface area contributed by atoms with Crippen LogP contribution in [0.5, 0.6) is 0 Å². The van der Waals surface area contributed by atoms with E-state index in [1.54, 1.807) is 0 Å². The topological polar surface area (TPSA) is 27.0 Å². The van der Waals surface area contributed by atoms with Gasteiger partial charge in [-0.15, -0.1) is 0 Å². The highest BCUT2D eigenvalue weighted by molar-refractivity contribution is 5.57. The third kappa shape index (κ3) is 1.39. The summed E-state index contributed by atoms with van der Waals surface area (Å²) in [7, 11) is 0. The van der Waals surface area contributed by atoms with Crippen molar-refractivity contribution in [1.29, 1.82) is 5.26 Å². The van der Waals surface area contributed by atoms with E-state index in [9.17, 15) is 0 Å². The van der Waals surface area contributed by atoms with Gasteiger partial charge in [0.1, 0.15) is 6.54 Å². The fraction of sp³-hybridized carbons (Fsp3) is 0.500. The van der Waals surface area contributed by atoms with Crippen molar-refractivity contribution in [1.82, 2.24) is 0 Å². The quantitative estimate of drug-likeness (QED) is 0.669. The predicted molar refractivity (Wildman–Crippen MR) is 64.2 cm³/mol. The molecular weight excluding hydrogens is 196 g/mol. The first-order chi connectivity index (χ1) is 7.90. The smallest absolute Gasteiger partial charge is 0.106 e. The third-order valence-corrected chi connectivity index (χ3v) is 4.04. The summed E-state index contributed by atoms with van der Waals surface area (Å²) in [6.07, 6.45) is 5.13. The number of para-hydroxylation sites is 1. The zero-order valence-electron chi connectivity index (χ0n) is 9.39. The van der Waals surface area contributed by atoms with Crippen molar-refractivity contribution in [3.63, 3.8) is 0 Å². The molecule has 1 aliphatic carbocycles. The van der Waals surface area contributed by atoms with Crippen LogP contribution >= 0.6 is 0 Å². The van der Waals surface area contributed by atoms with Crippen LogP contribution in [0.1, 0.15) is 24.8 Å². The van der Waals surface area contributed by atoms with Crippen LogP contribution in [-0.2, 0) is 6.42 Å². The Morgan fingerprint density at radius 2 is 2.19 bits per heavy atom. The Kier molecular flexibility index (Phi) is 2.32. The van der Waals surface area contributed by atoms with Crippen LogP contribution in [0, 0.1) is 17.2 Å². The van der Waals surface area contributed by atoms with E-state index in [4.69, 9.17) is 5.26 Å². The van der Waals surface area contributed by atoms with Crippen molar-refractivity contribution >= 4 is 5.69 Å². The Morgan fingerprint density at radius 3 is 3.06 bits per heavy atom. The SMILES string of the molecule is N#CCN1c2ccccc2C[C@@H]2CCC[C@H]21. The van der Waals surface area contributed by atoms with Crippen molar-refractivity contribution in [2.45, 2.75) is 31.7 Å². The molecule has 1 fully saturated rings. The molecule has 0 unspecified atom stereocenters. The molecule has 82 valence electrons. The molecule has 0 saturated heterocycles. The van der Waals surface area contributed by atoms with Gasteiger partial charge in [-0.1, -0.05) is 24.6 Å². The number of nitriles is 1. The molecule has 3 rings (SSSR count). The molecule has 2 nitrogen and oxygen atoms in total. The zero-order valence-corrected chi connectivity index (χ0v) is 9.39. The van der Waals surface area contributed by atoms with Crippen LogP contribution in [-0.4, -0.2) is 12.6 Å².